The van der Waals surface area contributed by atoms with Gasteiger partial charge in [0.2, 0.25) is 11.8 Å². The highest BCUT2D eigenvalue weighted by molar-refractivity contribution is 7.99. The minimum atomic E-state index is -1.06. The predicted molar refractivity (Wildman–Crippen MR) is 142 cm³/mol. The fourth-order valence-electron chi connectivity index (χ4n) is 4.83. The molecule has 3 rings (SSSR count). The summed E-state index contributed by atoms with van der Waals surface area (Å²) in [5.74, 6) is -0.879. The van der Waals surface area contributed by atoms with Gasteiger partial charge in [0, 0.05) is 18.8 Å². The van der Waals surface area contributed by atoms with Gasteiger partial charge in [-0.1, -0.05) is 50.6 Å². The number of hydrogen-bond acceptors (Lipinski definition) is 6. The topological polar surface area (TPSA) is 116 Å². The van der Waals surface area contributed by atoms with E-state index in [4.69, 9.17) is 4.74 Å². The molecule has 2 saturated heterocycles. The molecule has 0 aromatic heterocycles. The summed E-state index contributed by atoms with van der Waals surface area (Å²) in [6.07, 6.45) is 0.822. The van der Waals surface area contributed by atoms with Crippen LogP contribution in [0.2, 0.25) is 0 Å². The average Bonchev–Trinajstić information content (AvgIpc) is 3.36. The Hall–Kier alpha value is -2.75. The molecular formula is C27H39N3O6S. The first kappa shape index (κ1) is 28.8. The lowest BCUT2D eigenvalue weighted by atomic mass is 9.71. The molecule has 37 heavy (non-hydrogen) atoms. The molecule has 1 aromatic carbocycles. The van der Waals surface area contributed by atoms with Crippen LogP contribution in [0.4, 0.5) is 4.79 Å². The van der Waals surface area contributed by atoms with Gasteiger partial charge in [0.05, 0.1) is 11.3 Å². The van der Waals surface area contributed by atoms with E-state index >= 15 is 0 Å². The van der Waals surface area contributed by atoms with Gasteiger partial charge < -0.3 is 20.1 Å². The van der Waals surface area contributed by atoms with Crippen molar-refractivity contribution < 1.29 is 29.0 Å². The summed E-state index contributed by atoms with van der Waals surface area (Å²) in [5, 5.41) is 12.5. The molecule has 0 bridgehead atoms. The highest BCUT2D eigenvalue weighted by atomic mass is 32.2. The van der Waals surface area contributed by atoms with Crippen molar-refractivity contribution in [3.8, 4) is 0 Å². The van der Waals surface area contributed by atoms with Crippen molar-refractivity contribution in [1.82, 2.24) is 15.1 Å². The van der Waals surface area contributed by atoms with Crippen molar-refractivity contribution in [3.63, 3.8) is 0 Å². The number of carboxylic acids is 1. The van der Waals surface area contributed by atoms with E-state index in [0.29, 0.717) is 44.0 Å². The minimum Gasteiger partial charge on any atom is -0.480 e. The van der Waals surface area contributed by atoms with E-state index in [2.05, 4.69) is 5.32 Å². The number of likely N-dealkylation sites (tertiary alicyclic amines) is 1. The highest BCUT2D eigenvalue weighted by Crippen LogP contribution is 2.37. The largest absolute Gasteiger partial charge is 0.480 e. The molecule has 10 heteroatoms. The van der Waals surface area contributed by atoms with Crippen LogP contribution in [0.15, 0.2) is 30.3 Å². The maximum Gasteiger partial charge on any atom is 0.411 e. The van der Waals surface area contributed by atoms with Gasteiger partial charge in [-0.25, -0.2) is 9.59 Å². The Morgan fingerprint density at radius 1 is 1.16 bits per heavy atom. The van der Waals surface area contributed by atoms with Gasteiger partial charge in [-0.3, -0.25) is 14.5 Å². The van der Waals surface area contributed by atoms with Gasteiger partial charge >= 0.3 is 12.1 Å². The second kappa shape index (κ2) is 11.8. The molecule has 2 N–H and O–H groups in total. The first-order valence-corrected chi connectivity index (χ1v) is 14.0. The summed E-state index contributed by atoms with van der Waals surface area (Å²) in [6, 6.07) is 7.76. The maximum absolute atomic E-state index is 13.7. The molecule has 0 spiro atoms. The number of carboxylic acid groups (broad SMARTS) is 1. The summed E-state index contributed by atoms with van der Waals surface area (Å²) >= 11 is 1.51. The number of benzene rings is 1. The lowest BCUT2D eigenvalue weighted by molar-refractivity contribution is -0.145. The quantitative estimate of drug-likeness (QED) is 0.551. The van der Waals surface area contributed by atoms with Gasteiger partial charge in [-0.05, 0) is 45.1 Å². The summed E-state index contributed by atoms with van der Waals surface area (Å²) in [6.45, 7) is 9.73. The van der Waals surface area contributed by atoms with Crippen LogP contribution in [-0.2, 0) is 24.5 Å². The molecule has 3 amide bonds. The zero-order valence-electron chi connectivity index (χ0n) is 22.4. The standard InChI is InChI=1S/C27H39N3O6S/c1-6-18(2)21(23(32)33)28-24(34)27(19-10-8-7-9-11-19)12-14-29(15-13-27)22(31)20-16-37-17-30(20)25(35)36-26(3,4)5/h7-11,18,20-21H,6,12-17H2,1-5H3,(H,28,34)(H,32,33)/t18-,20+,21+/m1/s1. The molecule has 0 radical (unpaired) electrons. The number of hydrogen-bond donors (Lipinski definition) is 2. The summed E-state index contributed by atoms with van der Waals surface area (Å²) in [7, 11) is 0. The lowest BCUT2D eigenvalue weighted by Crippen LogP contribution is -2.58. The molecule has 3 atom stereocenters. The van der Waals surface area contributed by atoms with Crippen molar-refractivity contribution in [2.45, 2.75) is 77.0 Å². The monoisotopic (exact) mass is 533 g/mol. The van der Waals surface area contributed by atoms with Gasteiger partial charge in [-0.15, -0.1) is 11.8 Å². The van der Waals surface area contributed by atoms with Gasteiger partial charge in [0.15, 0.2) is 0 Å². The second-order valence-corrected chi connectivity index (χ2v) is 11.9. The molecule has 204 valence electrons. The number of rotatable bonds is 7. The molecular weight excluding hydrogens is 494 g/mol. The average molecular weight is 534 g/mol. The normalized spacial score (nSPS) is 21.2. The van der Waals surface area contributed by atoms with Crippen LogP contribution in [0, 0.1) is 5.92 Å². The minimum absolute atomic E-state index is 0.152. The van der Waals surface area contributed by atoms with Crippen LogP contribution in [0.25, 0.3) is 0 Å². The zero-order chi connectivity index (χ0) is 27.4. The van der Waals surface area contributed by atoms with Gasteiger partial charge in [0.1, 0.15) is 17.7 Å². The van der Waals surface area contributed by atoms with Crippen molar-refractivity contribution in [2.24, 2.45) is 5.92 Å². The van der Waals surface area contributed by atoms with Crippen LogP contribution in [0.3, 0.4) is 0 Å². The Morgan fingerprint density at radius 2 is 1.78 bits per heavy atom. The third kappa shape index (κ3) is 6.58. The van der Waals surface area contributed by atoms with E-state index in [0.717, 1.165) is 5.56 Å². The smallest absolute Gasteiger partial charge is 0.411 e. The van der Waals surface area contributed by atoms with E-state index in [-0.39, 0.29) is 17.7 Å². The number of amides is 3. The fourth-order valence-corrected chi connectivity index (χ4v) is 5.97. The summed E-state index contributed by atoms with van der Waals surface area (Å²) < 4.78 is 5.50. The number of nitrogens with one attached hydrogen (secondary N) is 1. The molecule has 2 aliphatic rings. The number of aliphatic carboxylic acids is 1. The molecule has 1 aromatic rings. The maximum atomic E-state index is 13.7. The third-order valence-electron chi connectivity index (χ3n) is 7.25. The third-order valence-corrected chi connectivity index (χ3v) is 8.26. The fraction of sp³-hybridized carbons (Fsp3) is 0.630. The van der Waals surface area contributed by atoms with Crippen molar-refractivity contribution >= 4 is 35.6 Å². The van der Waals surface area contributed by atoms with E-state index in [9.17, 15) is 24.3 Å². The molecule has 0 unspecified atom stereocenters. The molecule has 2 fully saturated rings. The van der Waals surface area contributed by atoms with E-state index in [1.807, 2.05) is 44.2 Å². The van der Waals surface area contributed by atoms with Crippen LogP contribution < -0.4 is 5.32 Å². The van der Waals surface area contributed by atoms with Crippen LogP contribution >= 0.6 is 11.8 Å². The Bertz CT molecular complexity index is 988. The van der Waals surface area contributed by atoms with Crippen LogP contribution in [-0.4, -0.2) is 81.2 Å². The van der Waals surface area contributed by atoms with Crippen LogP contribution in [0.1, 0.15) is 59.4 Å². The number of piperidine rings is 1. The second-order valence-electron chi connectivity index (χ2n) is 10.9. The molecule has 0 saturated carbocycles. The first-order valence-electron chi connectivity index (χ1n) is 12.8. The molecule has 9 nitrogen and oxygen atoms in total. The molecule has 2 heterocycles. The SMILES string of the molecule is CC[C@@H](C)[C@H](NC(=O)C1(c2ccccc2)CCN(C(=O)[C@@H]2CSCN2C(=O)OC(C)(C)C)CC1)C(=O)O. The Kier molecular flexibility index (Phi) is 9.15. The molecule has 2 aliphatic heterocycles. The summed E-state index contributed by atoms with van der Waals surface area (Å²) in [4.78, 5) is 55.0. The van der Waals surface area contributed by atoms with Crippen LogP contribution in [0.5, 0.6) is 0 Å². The van der Waals surface area contributed by atoms with Crippen molar-refractivity contribution in [1.29, 1.82) is 0 Å². The first-order chi connectivity index (χ1) is 17.4. The van der Waals surface area contributed by atoms with Gasteiger partial charge in [-0.2, -0.15) is 0 Å². The lowest BCUT2D eigenvalue weighted by Gasteiger charge is -2.42. The number of nitrogens with zero attached hydrogens (tertiary/aromatic N) is 2. The molecule has 0 aliphatic carbocycles. The van der Waals surface area contributed by atoms with E-state index < -0.39 is 35.2 Å². The van der Waals surface area contributed by atoms with Gasteiger partial charge in [0.25, 0.3) is 0 Å². The Morgan fingerprint density at radius 3 is 2.32 bits per heavy atom. The summed E-state index contributed by atoms with van der Waals surface area (Å²) in [5.41, 5.74) is -0.803. The highest BCUT2D eigenvalue weighted by Gasteiger charge is 2.47. The number of carbonyl (C=O) groups excluding carboxylic acids is 3. The van der Waals surface area contributed by atoms with E-state index in [1.54, 1.807) is 25.7 Å². The number of thioether (sulfide) groups is 1. The van der Waals surface area contributed by atoms with E-state index in [1.165, 1.54) is 16.7 Å². The van der Waals surface area contributed by atoms with Crippen molar-refractivity contribution in [2.75, 3.05) is 24.7 Å². The zero-order valence-corrected chi connectivity index (χ0v) is 23.2. The number of carbonyl (C=O) groups is 4. The predicted octanol–water partition coefficient (Wildman–Crippen LogP) is 3.47. The van der Waals surface area contributed by atoms with Crippen molar-refractivity contribution in [3.05, 3.63) is 35.9 Å². The number of ether oxygens (including phenoxy) is 1. The Balaban J connectivity index is 1.78. The Labute approximate surface area is 223 Å².